The van der Waals surface area contributed by atoms with Crippen molar-refractivity contribution in [3.8, 4) is 5.75 Å². The van der Waals surface area contributed by atoms with Crippen LogP contribution in [-0.2, 0) is 16.4 Å². The number of hydrogen-bond donors (Lipinski definition) is 0. The summed E-state index contributed by atoms with van der Waals surface area (Å²) in [6, 6.07) is 14.8. The Morgan fingerprint density at radius 3 is 2.33 bits per heavy atom. The van der Waals surface area contributed by atoms with Gasteiger partial charge in [0.2, 0.25) is 0 Å². The highest BCUT2D eigenvalue weighted by Gasteiger charge is 2.08. The molecule has 0 saturated heterocycles. The molecular weight excluding hydrogens is 286 g/mol. The molecule has 0 atom stereocenters. The predicted molar refractivity (Wildman–Crippen MR) is 84.7 cm³/mol. The summed E-state index contributed by atoms with van der Waals surface area (Å²) in [4.78, 5) is 2.39. The third kappa shape index (κ3) is 3.98. The molecule has 112 valence electrons. The summed E-state index contributed by atoms with van der Waals surface area (Å²) in [5, 5.41) is 0. The fourth-order valence-corrected chi connectivity index (χ4v) is 2.71. The third-order valence-electron chi connectivity index (χ3n) is 3.26. The Morgan fingerprint density at radius 2 is 1.76 bits per heavy atom. The molecule has 0 saturated carbocycles. The molecule has 0 aliphatic heterocycles. The van der Waals surface area contributed by atoms with Gasteiger partial charge in [0.05, 0.1) is 12.0 Å². The smallest absolute Gasteiger partial charge is 0.175 e. The Kier molecular flexibility index (Phi) is 4.53. The first-order valence-corrected chi connectivity index (χ1v) is 8.43. The van der Waals surface area contributed by atoms with E-state index in [0.717, 1.165) is 23.5 Å². The number of methoxy groups -OCH3 is 1. The van der Waals surface area contributed by atoms with Crippen molar-refractivity contribution in [2.75, 3.05) is 25.3 Å². The maximum absolute atomic E-state index is 11.4. The van der Waals surface area contributed by atoms with E-state index in [2.05, 4.69) is 4.90 Å². The molecule has 2 rings (SSSR count). The molecule has 0 amide bonds. The minimum Gasteiger partial charge on any atom is -0.497 e. The first-order valence-electron chi connectivity index (χ1n) is 6.54. The molecule has 0 aliphatic rings. The van der Waals surface area contributed by atoms with E-state index in [4.69, 9.17) is 4.74 Å². The zero-order valence-electron chi connectivity index (χ0n) is 12.4. The zero-order chi connectivity index (χ0) is 15.5. The summed E-state index contributed by atoms with van der Waals surface area (Å²) in [7, 11) is 0.465. The van der Waals surface area contributed by atoms with E-state index in [1.165, 1.54) is 6.26 Å². The summed E-state index contributed by atoms with van der Waals surface area (Å²) < 4.78 is 28.1. The van der Waals surface area contributed by atoms with Gasteiger partial charge in [0.1, 0.15) is 5.75 Å². The Balaban J connectivity index is 2.14. The van der Waals surface area contributed by atoms with Crippen LogP contribution in [-0.4, -0.2) is 28.8 Å². The second-order valence-corrected chi connectivity index (χ2v) is 6.99. The van der Waals surface area contributed by atoms with Crippen LogP contribution in [0.3, 0.4) is 0 Å². The summed E-state index contributed by atoms with van der Waals surface area (Å²) >= 11 is 0. The van der Waals surface area contributed by atoms with Crippen LogP contribution in [0.15, 0.2) is 53.4 Å². The SMILES string of the molecule is COc1cccc(CN(C)c2ccc(S(C)(=O)=O)cc2)c1. The summed E-state index contributed by atoms with van der Waals surface area (Å²) in [5.41, 5.74) is 2.09. The van der Waals surface area contributed by atoms with E-state index in [1.807, 2.05) is 43.4 Å². The van der Waals surface area contributed by atoms with Gasteiger partial charge < -0.3 is 9.64 Å². The molecule has 0 fully saturated rings. The Morgan fingerprint density at radius 1 is 1.10 bits per heavy atom. The highest BCUT2D eigenvalue weighted by atomic mass is 32.2. The third-order valence-corrected chi connectivity index (χ3v) is 4.39. The van der Waals surface area contributed by atoms with Gasteiger partial charge in [-0.2, -0.15) is 0 Å². The van der Waals surface area contributed by atoms with E-state index in [9.17, 15) is 8.42 Å². The van der Waals surface area contributed by atoms with Gasteiger partial charge in [-0.05, 0) is 42.0 Å². The quantitative estimate of drug-likeness (QED) is 0.852. The molecule has 0 unspecified atom stereocenters. The van der Waals surface area contributed by atoms with Crippen molar-refractivity contribution in [1.82, 2.24) is 0 Å². The fourth-order valence-electron chi connectivity index (χ4n) is 2.08. The van der Waals surface area contributed by atoms with Gasteiger partial charge in [0.15, 0.2) is 9.84 Å². The lowest BCUT2D eigenvalue weighted by molar-refractivity contribution is 0.414. The van der Waals surface area contributed by atoms with Gasteiger partial charge in [-0.3, -0.25) is 0 Å². The molecule has 21 heavy (non-hydrogen) atoms. The van der Waals surface area contributed by atoms with Crippen LogP contribution < -0.4 is 9.64 Å². The fraction of sp³-hybridized carbons (Fsp3) is 0.250. The molecule has 0 bridgehead atoms. The van der Waals surface area contributed by atoms with Crippen molar-refractivity contribution in [2.24, 2.45) is 0 Å². The van der Waals surface area contributed by atoms with Crippen LogP contribution in [0.5, 0.6) is 5.75 Å². The van der Waals surface area contributed by atoms with Crippen LogP contribution in [0, 0.1) is 0 Å². The first-order chi connectivity index (χ1) is 9.90. The lowest BCUT2D eigenvalue weighted by Gasteiger charge is -2.20. The molecule has 0 heterocycles. The lowest BCUT2D eigenvalue weighted by atomic mass is 10.2. The van der Waals surface area contributed by atoms with Crippen molar-refractivity contribution in [3.63, 3.8) is 0 Å². The predicted octanol–water partition coefficient (Wildman–Crippen LogP) is 2.74. The van der Waals surface area contributed by atoms with Gasteiger partial charge in [0.25, 0.3) is 0 Å². The van der Waals surface area contributed by atoms with Gasteiger partial charge in [0, 0.05) is 25.5 Å². The average molecular weight is 305 g/mol. The van der Waals surface area contributed by atoms with E-state index >= 15 is 0 Å². The normalized spacial score (nSPS) is 11.2. The summed E-state index contributed by atoms with van der Waals surface area (Å²) in [5.74, 6) is 0.827. The Labute approximate surface area is 125 Å². The Hall–Kier alpha value is -2.01. The largest absolute Gasteiger partial charge is 0.497 e. The molecule has 2 aromatic carbocycles. The monoisotopic (exact) mass is 305 g/mol. The molecule has 0 aliphatic carbocycles. The van der Waals surface area contributed by atoms with E-state index in [1.54, 1.807) is 19.2 Å². The number of ether oxygens (including phenoxy) is 1. The minimum absolute atomic E-state index is 0.334. The van der Waals surface area contributed by atoms with Gasteiger partial charge >= 0.3 is 0 Å². The molecule has 0 spiro atoms. The maximum Gasteiger partial charge on any atom is 0.175 e. The number of rotatable bonds is 5. The van der Waals surface area contributed by atoms with Crippen molar-refractivity contribution >= 4 is 15.5 Å². The number of anilines is 1. The number of hydrogen-bond acceptors (Lipinski definition) is 4. The second kappa shape index (κ2) is 6.18. The molecular formula is C16H19NO3S. The number of benzene rings is 2. The van der Waals surface area contributed by atoms with E-state index in [-0.39, 0.29) is 0 Å². The van der Waals surface area contributed by atoms with Crippen molar-refractivity contribution < 1.29 is 13.2 Å². The molecule has 0 N–H and O–H groups in total. The molecule has 2 aromatic rings. The maximum atomic E-state index is 11.4. The van der Waals surface area contributed by atoms with E-state index in [0.29, 0.717) is 4.90 Å². The van der Waals surface area contributed by atoms with Crippen molar-refractivity contribution in [3.05, 3.63) is 54.1 Å². The average Bonchev–Trinajstić information content (AvgIpc) is 2.46. The van der Waals surface area contributed by atoms with Gasteiger partial charge in [-0.1, -0.05) is 12.1 Å². The molecule has 0 radical (unpaired) electrons. The van der Waals surface area contributed by atoms with Crippen LogP contribution in [0.1, 0.15) is 5.56 Å². The van der Waals surface area contributed by atoms with Crippen molar-refractivity contribution in [1.29, 1.82) is 0 Å². The lowest BCUT2D eigenvalue weighted by Crippen LogP contribution is -2.16. The molecule has 4 nitrogen and oxygen atoms in total. The van der Waals surface area contributed by atoms with E-state index < -0.39 is 9.84 Å². The first kappa shape index (κ1) is 15.4. The Bertz CT molecular complexity index is 709. The van der Waals surface area contributed by atoms with Gasteiger partial charge in [-0.15, -0.1) is 0 Å². The van der Waals surface area contributed by atoms with Crippen LogP contribution in [0.2, 0.25) is 0 Å². The highest BCUT2D eigenvalue weighted by Crippen LogP contribution is 2.20. The molecule has 0 aromatic heterocycles. The summed E-state index contributed by atoms with van der Waals surface area (Å²) in [6.45, 7) is 0.718. The standard InChI is InChI=1S/C16H19NO3S/c1-17(12-13-5-4-6-15(11-13)20-2)14-7-9-16(10-8-14)21(3,18)19/h4-11H,12H2,1-3H3. The molecule has 5 heteroatoms. The summed E-state index contributed by atoms with van der Waals surface area (Å²) in [6.07, 6.45) is 1.21. The second-order valence-electron chi connectivity index (χ2n) is 4.97. The van der Waals surface area contributed by atoms with Gasteiger partial charge in [-0.25, -0.2) is 8.42 Å². The number of nitrogens with zero attached hydrogens (tertiary/aromatic N) is 1. The number of sulfone groups is 1. The topological polar surface area (TPSA) is 46.6 Å². The van der Waals surface area contributed by atoms with Crippen molar-refractivity contribution in [2.45, 2.75) is 11.4 Å². The zero-order valence-corrected chi connectivity index (χ0v) is 13.2. The van der Waals surface area contributed by atoms with Crippen LogP contribution >= 0.6 is 0 Å². The van der Waals surface area contributed by atoms with Crippen LogP contribution in [0.25, 0.3) is 0 Å². The minimum atomic E-state index is -3.15. The van der Waals surface area contributed by atoms with Crippen LogP contribution in [0.4, 0.5) is 5.69 Å². The highest BCUT2D eigenvalue weighted by molar-refractivity contribution is 7.90.